The van der Waals surface area contributed by atoms with E-state index in [-0.39, 0.29) is 0 Å². The highest BCUT2D eigenvalue weighted by Crippen LogP contribution is 2.50. The summed E-state index contributed by atoms with van der Waals surface area (Å²) in [5.41, 5.74) is 0. The molecular formula is C45H96N3O4P. The molecule has 7 nitrogen and oxygen atoms in total. The van der Waals surface area contributed by atoms with E-state index in [4.69, 9.17) is 13.6 Å². The molecule has 0 aromatic rings. The van der Waals surface area contributed by atoms with Crippen molar-refractivity contribution in [2.24, 2.45) is 0 Å². The Hall–Kier alpha value is -0.0100. The molecule has 0 saturated carbocycles. The van der Waals surface area contributed by atoms with Gasteiger partial charge in [-0.15, -0.1) is 0 Å². The molecule has 0 bridgehead atoms. The quantitative estimate of drug-likeness (QED) is 0.0451. The SMILES string of the molecule is CCN(CC)CCCCCCCCCCCOP(=O)(OCCCCCCCCCCCN(CC)CC)OCCCCCCCCCCCN(CC)CC. The lowest BCUT2D eigenvalue weighted by molar-refractivity contribution is 0.108. The van der Waals surface area contributed by atoms with Crippen molar-refractivity contribution < 1.29 is 18.1 Å². The molecule has 0 aromatic heterocycles. The summed E-state index contributed by atoms with van der Waals surface area (Å²) < 4.78 is 31.2. The largest absolute Gasteiger partial charge is 0.474 e. The van der Waals surface area contributed by atoms with Gasteiger partial charge in [-0.1, -0.05) is 176 Å². The van der Waals surface area contributed by atoms with Crippen molar-refractivity contribution in [2.45, 2.75) is 215 Å². The first-order valence-electron chi connectivity index (χ1n) is 23.7. The summed E-state index contributed by atoms with van der Waals surface area (Å²) in [5.74, 6) is 0. The fraction of sp³-hybridized carbons (Fsp3) is 1.00. The average Bonchev–Trinajstić information content (AvgIpc) is 3.17. The molecule has 0 amide bonds. The van der Waals surface area contributed by atoms with E-state index < -0.39 is 7.82 Å². The Kier molecular flexibility index (Phi) is 41.6. The Bertz CT molecular complexity index is 654. The monoisotopic (exact) mass is 774 g/mol. The number of rotatable bonds is 45. The first-order chi connectivity index (χ1) is 26.0. The second-order valence-corrected chi connectivity index (χ2v) is 17.2. The number of phosphoric ester groups is 1. The van der Waals surface area contributed by atoms with Crippen LogP contribution in [0.4, 0.5) is 0 Å². The van der Waals surface area contributed by atoms with Gasteiger partial charge < -0.3 is 14.7 Å². The topological polar surface area (TPSA) is 54.5 Å². The van der Waals surface area contributed by atoms with Crippen LogP contribution in [-0.4, -0.2) is 93.4 Å². The summed E-state index contributed by atoms with van der Waals surface area (Å²) >= 11 is 0. The highest BCUT2D eigenvalue weighted by molar-refractivity contribution is 7.48. The van der Waals surface area contributed by atoms with Gasteiger partial charge in [0, 0.05) is 0 Å². The van der Waals surface area contributed by atoms with Gasteiger partial charge in [-0.2, -0.15) is 0 Å². The Morgan fingerprint density at radius 2 is 0.453 bits per heavy atom. The molecule has 0 N–H and O–H groups in total. The zero-order valence-electron chi connectivity index (χ0n) is 37.0. The normalized spacial score (nSPS) is 12.3. The summed E-state index contributed by atoms with van der Waals surface area (Å²) in [4.78, 5) is 7.57. The predicted molar refractivity (Wildman–Crippen MR) is 233 cm³/mol. The molecule has 0 unspecified atom stereocenters. The minimum absolute atomic E-state index is 0.465. The van der Waals surface area contributed by atoms with Gasteiger partial charge in [0.2, 0.25) is 0 Å². The van der Waals surface area contributed by atoms with Crippen LogP contribution in [-0.2, 0) is 18.1 Å². The lowest BCUT2D eigenvalue weighted by Gasteiger charge is -2.18. The van der Waals surface area contributed by atoms with Crippen LogP contribution >= 0.6 is 7.82 Å². The standard InChI is InChI=1S/C45H96N3O4P/c1-7-46(8-2)40-34-28-22-16-13-19-25-31-37-43-50-53(49,51-44-38-32-26-20-14-17-23-29-35-41-47(9-3)10-4)52-45-39-33-27-21-15-18-24-30-36-42-48(11-5)12-6/h7-45H2,1-6H3. The predicted octanol–water partition coefficient (Wildman–Crippen LogP) is 13.7. The molecule has 0 spiro atoms. The molecule has 0 aliphatic rings. The van der Waals surface area contributed by atoms with Crippen LogP contribution in [0.5, 0.6) is 0 Å². The molecule has 0 fully saturated rings. The minimum Gasteiger partial charge on any atom is -0.304 e. The fourth-order valence-corrected chi connectivity index (χ4v) is 8.57. The summed E-state index contributed by atoms with van der Waals surface area (Å²) in [7, 11) is -3.50. The molecule has 0 aliphatic carbocycles. The van der Waals surface area contributed by atoms with Gasteiger partial charge in [-0.3, -0.25) is 13.6 Å². The number of hydrogen-bond acceptors (Lipinski definition) is 7. The lowest BCUT2D eigenvalue weighted by Crippen LogP contribution is -2.23. The molecule has 0 aliphatic heterocycles. The van der Waals surface area contributed by atoms with Crippen LogP contribution in [0.2, 0.25) is 0 Å². The summed E-state index contributed by atoms with van der Waals surface area (Å²) in [6, 6.07) is 0. The van der Waals surface area contributed by atoms with Crippen molar-refractivity contribution in [3.63, 3.8) is 0 Å². The zero-order valence-corrected chi connectivity index (χ0v) is 37.9. The average molecular weight is 774 g/mol. The van der Waals surface area contributed by atoms with E-state index in [9.17, 15) is 4.57 Å². The van der Waals surface area contributed by atoms with Gasteiger partial charge in [-0.25, -0.2) is 4.57 Å². The highest BCUT2D eigenvalue weighted by Gasteiger charge is 2.26. The van der Waals surface area contributed by atoms with Crippen molar-refractivity contribution in [3.8, 4) is 0 Å². The minimum atomic E-state index is -3.50. The van der Waals surface area contributed by atoms with Crippen LogP contribution in [0.15, 0.2) is 0 Å². The molecule has 0 rings (SSSR count). The maximum atomic E-state index is 13.6. The number of hydrogen-bond donors (Lipinski definition) is 0. The Morgan fingerprint density at radius 1 is 0.283 bits per heavy atom. The van der Waals surface area contributed by atoms with Crippen LogP contribution in [0.25, 0.3) is 0 Å². The first-order valence-corrected chi connectivity index (χ1v) is 25.1. The highest BCUT2D eigenvalue weighted by atomic mass is 31.2. The molecule has 0 radical (unpaired) electrons. The second kappa shape index (κ2) is 41.6. The maximum absolute atomic E-state index is 13.6. The number of unbranched alkanes of at least 4 members (excludes halogenated alkanes) is 24. The maximum Gasteiger partial charge on any atom is 0.474 e. The molecule has 0 saturated heterocycles. The Balaban J connectivity index is 4.19. The molecule has 53 heavy (non-hydrogen) atoms. The van der Waals surface area contributed by atoms with Gasteiger partial charge in [0.15, 0.2) is 0 Å². The van der Waals surface area contributed by atoms with E-state index in [2.05, 4.69) is 56.2 Å². The van der Waals surface area contributed by atoms with E-state index in [1.807, 2.05) is 0 Å². The van der Waals surface area contributed by atoms with Gasteiger partial charge in [-0.05, 0) is 97.4 Å². The van der Waals surface area contributed by atoms with E-state index in [1.54, 1.807) is 0 Å². The van der Waals surface area contributed by atoms with Crippen molar-refractivity contribution in [2.75, 3.05) is 78.7 Å². The molecular weight excluding hydrogens is 677 g/mol. The second-order valence-electron chi connectivity index (χ2n) is 15.6. The van der Waals surface area contributed by atoms with Crippen molar-refractivity contribution in [1.82, 2.24) is 14.7 Å². The lowest BCUT2D eigenvalue weighted by atomic mass is 10.1. The van der Waals surface area contributed by atoms with E-state index >= 15 is 0 Å². The molecule has 320 valence electrons. The fourth-order valence-electron chi connectivity index (χ4n) is 7.29. The van der Waals surface area contributed by atoms with Crippen LogP contribution < -0.4 is 0 Å². The Labute approximate surface area is 333 Å². The molecule has 0 atom stereocenters. The van der Waals surface area contributed by atoms with Crippen LogP contribution in [0.3, 0.4) is 0 Å². The molecule has 8 heteroatoms. The van der Waals surface area contributed by atoms with Crippen LogP contribution in [0.1, 0.15) is 215 Å². The third-order valence-corrected chi connectivity index (χ3v) is 12.8. The molecule has 0 heterocycles. The third kappa shape index (κ3) is 36.1. The van der Waals surface area contributed by atoms with Crippen LogP contribution in [0, 0.1) is 0 Å². The number of phosphoric acid groups is 1. The van der Waals surface area contributed by atoms with E-state index in [0.29, 0.717) is 19.8 Å². The van der Waals surface area contributed by atoms with Gasteiger partial charge in [0.1, 0.15) is 0 Å². The smallest absolute Gasteiger partial charge is 0.304 e. The van der Waals surface area contributed by atoms with E-state index in [1.165, 1.54) is 194 Å². The van der Waals surface area contributed by atoms with Gasteiger partial charge >= 0.3 is 7.82 Å². The third-order valence-electron chi connectivity index (χ3n) is 11.3. The molecule has 0 aromatic carbocycles. The first kappa shape index (κ1) is 53.0. The van der Waals surface area contributed by atoms with Crippen molar-refractivity contribution in [3.05, 3.63) is 0 Å². The van der Waals surface area contributed by atoms with E-state index in [0.717, 1.165) is 38.5 Å². The van der Waals surface area contributed by atoms with Gasteiger partial charge in [0.25, 0.3) is 0 Å². The van der Waals surface area contributed by atoms with Crippen molar-refractivity contribution >= 4 is 7.82 Å². The van der Waals surface area contributed by atoms with Gasteiger partial charge in [0.05, 0.1) is 19.8 Å². The summed E-state index contributed by atoms with van der Waals surface area (Å²) in [6.07, 6.45) is 33.8. The summed E-state index contributed by atoms with van der Waals surface area (Å²) in [5, 5.41) is 0. The summed E-state index contributed by atoms with van der Waals surface area (Å²) in [6.45, 7) is 25.7. The zero-order chi connectivity index (χ0) is 38.9. The van der Waals surface area contributed by atoms with Crippen molar-refractivity contribution in [1.29, 1.82) is 0 Å². The number of nitrogens with zero attached hydrogens (tertiary/aromatic N) is 3. The Morgan fingerprint density at radius 3 is 0.642 bits per heavy atom.